The molecule has 33 heavy (non-hydrogen) atoms. The minimum Gasteiger partial charge on any atom is -0.399 e. The van der Waals surface area contributed by atoms with Crippen LogP contribution in [0.1, 0.15) is 37.8 Å². The second-order valence-electron chi connectivity index (χ2n) is 8.92. The molecule has 2 N–H and O–H groups in total. The van der Waals surface area contributed by atoms with E-state index >= 15 is 0 Å². The van der Waals surface area contributed by atoms with Crippen molar-refractivity contribution in [3.63, 3.8) is 0 Å². The Labute approximate surface area is 198 Å². The highest BCUT2D eigenvalue weighted by Gasteiger charge is 2.40. The number of anilines is 1. The molecule has 1 aromatic heterocycles. The van der Waals surface area contributed by atoms with Crippen molar-refractivity contribution in [2.24, 2.45) is 0 Å². The summed E-state index contributed by atoms with van der Waals surface area (Å²) >= 11 is 1.77. The van der Waals surface area contributed by atoms with Crippen molar-refractivity contribution in [2.75, 3.05) is 5.73 Å². The number of nitrogens with zero attached hydrogens (tertiary/aromatic N) is 1. The first kappa shape index (κ1) is 20.2. The summed E-state index contributed by atoms with van der Waals surface area (Å²) in [5.74, 6) is 0. The molecular weight excluding hydrogens is 420 g/mol. The number of aromatic nitrogens is 1. The summed E-state index contributed by atoms with van der Waals surface area (Å²) in [6.45, 7) is 4.64. The third kappa shape index (κ3) is 3.03. The minimum atomic E-state index is 0.0151. The van der Waals surface area contributed by atoms with E-state index in [1.807, 2.05) is 12.1 Å². The average Bonchev–Trinajstić information content (AvgIpc) is 3.41. The highest BCUT2D eigenvalue weighted by Crippen LogP contribution is 2.54. The van der Waals surface area contributed by atoms with Gasteiger partial charge in [0.25, 0.3) is 0 Å². The largest absolute Gasteiger partial charge is 0.399 e. The molecule has 0 amide bonds. The van der Waals surface area contributed by atoms with E-state index in [1.54, 1.807) is 11.3 Å². The van der Waals surface area contributed by atoms with E-state index in [4.69, 9.17) is 10.7 Å². The lowest BCUT2D eigenvalue weighted by atomic mass is 9.73. The number of thiazole rings is 1. The fourth-order valence-electron chi connectivity index (χ4n) is 5.49. The van der Waals surface area contributed by atoms with Crippen LogP contribution in [0.5, 0.6) is 0 Å². The molecule has 5 aromatic rings. The van der Waals surface area contributed by atoms with Crippen molar-refractivity contribution in [1.29, 1.82) is 0 Å². The summed E-state index contributed by atoms with van der Waals surface area (Å²) in [7, 11) is 0. The summed E-state index contributed by atoms with van der Waals surface area (Å²) in [6, 6.07) is 30.5. The Hall–Kier alpha value is -3.43. The molecule has 6 rings (SSSR count). The normalized spacial score (nSPS) is 13.8. The number of nitrogens with two attached hydrogens (primary N) is 1. The Morgan fingerprint density at radius 2 is 1.33 bits per heavy atom. The monoisotopic (exact) mass is 446 g/mol. The average molecular weight is 447 g/mol. The van der Waals surface area contributed by atoms with E-state index in [0.29, 0.717) is 0 Å². The molecule has 0 aliphatic heterocycles. The molecule has 162 valence electrons. The first-order chi connectivity index (χ1) is 16.1. The van der Waals surface area contributed by atoms with Crippen molar-refractivity contribution in [2.45, 2.75) is 32.1 Å². The van der Waals surface area contributed by atoms with Gasteiger partial charge >= 0.3 is 0 Å². The lowest BCUT2D eigenvalue weighted by Crippen LogP contribution is -2.23. The molecule has 0 saturated carbocycles. The molecule has 1 aliphatic rings. The van der Waals surface area contributed by atoms with Crippen LogP contribution >= 0.6 is 11.3 Å². The molecule has 0 radical (unpaired) electrons. The standard InChI is InChI=1S/C30H26N2S/c1-3-30(4-2)25-17-20(19-9-13-22(31)14-10-19)11-15-23(25)24-16-12-21(18-26(24)30)29-32-27-7-5-6-8-28(27)33-29/h5-18H,3-4,31H2,1-2H3. The van der Waals surface area contributed by atoms with Crippen molar-refractivity contribution in [3.05, 3.63) is 96.1 Å². The third-order valence-corrected chi connectivity index (χ3v) is 8.44. The van der Waals surface area contributed by atoms with Gasteiger partial charge in [0, 0.05) is 16.7 Å². The highest BCUT2D eigenvalue weighted by atomic mass is 32.1. The van der Waals surface area contributed by atoms with Gasteiger partial charge in [-0.25, -0.2) is 4.98 Å². The van der Waals surface area contributed by atoms with Gasteiger partial charge in [-0.05, 0) is 82.6 Å². The Bertz CT molecular complexity index is 1460. The van der Waals surface area contributed by atoms with Crippen LogP contribution in [0.4, 0.5) is 5.69 Å². The summed E-state index contributed by atoms with van der Waals surface area (Å²) in [4.78, 5) is 4.93. The predicted molar refractivity (Wildman–Crippen MR) is 142 cm³/mol. The number of nitrogen functional groups attached to an aromatic ring is 1. The molecule has 0 saturated heterocycles. The molecule has 0 spiro atoms. The van der Waals surface area contributed by atoms with E-state index in [1.165, 1.54) is 43.6 Å². The lowest BCUT2D eigenvalue weighted by Gasteiger charge is -2.30. The fourth-order valence-corrected chi connectivity index (χ4v) is 6.45. The maximum absolute atomic E-state index is 5.92. The Balaban J connectivity index is 1.51. The molecule has 0 unspecified atom stereocenters. The number of para-hydroxylation sites is 1. The molecule has 4 aromatic carbocycles. The molecule has 3 heteroatoms. The zero-order valence-electron chi connectivity index (χ0n) is 18.9. The quantitative estimate of drug-likeness (QED) is 0.282. The van der Waals surface area contributed by atoms with Gasteiger partial charge in [0.15, 0.2) is 0 Å². The van der Waals surface area contributed by atoms with Gasteiger partial charge in [0.05, 0.1) is 10.2 Å². The maximum Gasteiger partial charge on any atom is 0.124 e. The van der Waals surface area contributed by atoms with Crippen molar-refractivity contribution < 1.29 is 0 Å². The summed E-state index contributed by atoms with van der Waals surface area (Å²) in [6.07, 6.45) is 2.13. The van der Waals surface area contributed by atoms with Crippen LogP contribution in [0.2, 0.25) is 0 Å². The Kier molecular flexibility index (Phi) is 4.63. The van der Waals surface area contributed by atoms with E-state index in [-0.39, 0.29) is 5.41 Å². The summed E-state index contributed by atoms with van der Waals surface area (Å²) in [5.41, 5.74) is 17.1. The second kappa shape index (κ2) is 7.57. The maximum atomic E-state index is 5.92. The lowest BCUT2D eigenvalue weighted by molar-refractivity contribution is 0.491. The van der Waals surface area contributed by atoms with Gasteiger partial charge < -0.3 is 5.73 Å². The van der Waals surface area contributed by atoms with E-state index in [0.717, 1.165) is 29.1 Å². The van der Waals surface area contributed by atoms with Gasteiger partial charge in [0.2, 0.25) is 0 Å². The van der Waals surface area contributed by atoms with Crippen molar-refractivity contribution in [3.8, 4) is 32.8 Å². The highest BCUT2D eigenvalue weighted by molar-refractivity contribution is 7.21. The second-order valence-corrected chi connectivity index (χ2v) is 9.95. The Morgan fingerprint density at radius 1 is 0.727 bits per heavy atom. The molecule has 0 atom stereocenters. The van der Waals surface area contributed by atoms with E-state index in [2.05, 4.69) is 86.6 Å². The van der Waals surface area contributed by atoms with Crippen LogP contribution < -0.4 is 5.73 Å². The third-order valence-electron chi connectivity index (χ3n) is 7.35. The number of hydrogen-bond donors (Lipinski definition) is 1. The topological polar surface area (TPSA) is 38.9 Å². The molecular formula is C30H26N2S. The van der Waals surface area contributed by atoms with E-state index < -0.39 is 0 Å². The SMILES string of the molecule is CCC1(CC)c2cc(-c3ccc(N)cc3)ccc2-c2ccc(-c3nc4ccccc4s3)cc21. The van der Waals surface area contributed by atoms with Crippen LogP contribution in [0.3, 0.4) is 0 Å². The Morgan fingerprint density at radius 3 is 2.00 bits per heavy atom. The molecule has 0 bridgehead atoms. The summed E-state index contributed by atoms with van der Waals surface area (Å²) < 4.78 is 1.24. The van der Waals surface area contributed by atoms with Gasteiger partial charge in [-0.1, -0.05) is 62.4 Å². The number of rotatable bonds is 4. The first-order valence-electron chi connectivity index (χ1n) is 11.6. The zero-order chi connectivity index (χ0) is 22.6. The smallest absolute Gasteiger partial charge is 0.124 e. The van der Waals surface area contributed by atoms with Crippen LogP contribution in [0, 0.1) is 0 Å². The van der Waals surface area contributed by atoms with E-state index in [9.17, 15) is 0 Å². The van der Waals surface area contributed by atoms with Crippen LogP contribution in [0.15, 0.2) is 84.9 Å². The number of hydrogen-bond acceptors (Lipinski definition) is 3. The molecule has 1 heterocycles. The summed E-state index contributed by atoms with van der Waals surface area (Å²) in [5, 5.41) is 1.10. The minimum absolute atomic E-state index is 0.0151. The van der Waals surface area contributed by atoms with Gasteiger partial charge in [0.1, 0.15) is 5.01 Å². The van der Waals surface area contributed by atoms with Crippen molar-refractivity contribution in [1.82, 2.24) is 4.98 Å². The van der Waals surface area contributed by atoms with Crippen molar-refractivity contribution >= 4 is 27.2 Å². The fraction of sp³-hybridized carbons (Fsp3) is 0.167. The molecule has 2 nitrogen and oxygen atoms in total. The van der Waals surface area contributed by atoms with Crippen LogP contribution in [-0.2, 0) is 5.41 Å². The van der Waals surface area contributed by atoms with Crippen LogP contribution in [-0.4, -0.2) is 4.98 Å². The zero-order valence-corrected chi connectivity index (χ0v) is 19.7. The van der Waals surface area contributed by atoms with Gasteiger partial charge in [-0.2, -0.15) is 0 Å². The first-order valence-corrected chi connectivity index (χ1v) is 12.5. The number of benzene rings is 4. The number of fused-ring (bicyclic) bond motifs is 4. The van der Waals surface area contributed by atoms with Crippen LogP contribution in [0.25, 0.3) is 43.0 Å². The molecule has 1 aliphatic carbocycles. The molecule has 0 fully saturated rings. The van der Waals surface area contributed by atoms with Gasteiger partial charge in [-0.3, -0.25) is 0 Å². The predicted octanol–water partition coefficient (Wildman–Crippen LogP) is 8.30. The van der Waals surface area contributed by atoms with Gasteiger partial charge in [-0.15, -0.1) is 11.3 Å².